The molecule has 0 aromatic heterocycles. The zero-order valence-electron chi connectivity index (χ0n) is 15.2. The van der Waals surface area contributed by atoms with Gasteiger partial charge in [-0.2, -0.15) is 0 Å². The molecule has 1 aliphatic carbocycles. The Hall–Kier alpha value is -2.29. The second kappa shape index (κ2) is 8.19. The number of carbonyl (C=O) groups is 1. The van der Waals surface area contributed by atoms with E-state index >= 15 is 0 Å². The van der Waals surface area contributed by atoms with Crippen molar-refractivity contribution in [3.63, 3.8) is 0 Å². The monoisotopic (exact) mass is 337 g/mol. The molecule has 0 aliphatic heterocycles. The molecule has 3 heteroatoms. The van der Waals surface area contributed by atoms with Gasteiger partial charge in [-0.05, 0) is 80.8 Å². The van der Waals surface area contributed by atoms with Crippen molar-refractivity contribution < 1.29 is 9.53 Å². The minimum atomic E-state index is 0.0517. The maximum Gasteiger partial charge on any atom is 0.224 e. The smallest absolute Gasteiger partial charge is 0.224 e. The molecule has 132 valence electrons. The topological polar surface area (TPSA) is 38.3 Å². The number of ether oxygens (including phenoxy) is 1. The van der Waals surface area contributed by atoms with Crippen molar-refractivity contribution in [2.45, 2.75) is 58.5 Å². The van der Waals surface area contributed by atoms with E-state index in [0.717, 1.165) is 41.8 Å². The second-order valence-corrected chi connectivity index (χ2v) is 6.97. The van der Waals surface area contributed by atoms with Crippen LogP contribution in [0.25, 0.3) is 0 Å². The predicted molar refractivity (Wildman–Crippen MR) is 102 cm³/mol. The molecule has 1 N–H and O–H groups in total. The third-order valence-electron chi connectivity index (χ3n) is 5.02. The van der Waals surface area contributed by atoms with E-state index in [1.807, 2.05) is 31.2 Å². The summed E-state index contributed by atoms with van der Waals surface area (Å²) in [6, 6.07) is 14.1. The van der Waals surface area contributed by atoms with Crippen LogP contribution in [0.3, 0.4) is 0 Å². The van der Waals surface area contributed by atoms with Gasteiger partial charge in [-0.1, -0.05) is 24.3 Å². The summed E-state index contributed by atoms with van der Waals surface area (Å²) in [5.41, 5.74) is 4.37. The van der Waals surface area contributed by atoms with E-state index in [2.05, 4.69) is 30.4 Å². The Balaban J connectivity index is 1.54. The van der Waals surface area contributed by atoms with Crippen LogP contribution in [0.15, 0.2) is 42.5 Å². The lowest BCUT2D eigenvalue weighted by molar-refractivity contribution is -0.116. The summed E-state index contributed by atoms with van der Waals surface area (Å²) in [7, 11) is 0. The van der Waals surface area contributed by atoms with E-state index in [1.54, 1.807) is 0 Å². The van der Waals surface area contributed by atoms with Crippen LogP contribution in [-0.4, -0.2) is 12.0 Å². The summed E-state index contributed by atoms with van der Waals surface area (Å²) in [4.78, 5) is 12.3. The lowest BCUT2D eigenvalue weighted by atomic mass is 10.1. The molecule has 2 aromatic carbocycles. The van der Waals surface area contributed by atoms with Gasteiger partial charge in [0.25, 0.3) is 0 Å². The quantitative estimate of drug-likeness (QED) is 0.787. The number of nitrogens with one attached hydrogen (secondary N) is 1. The number of rotatable bonds is 6. The van der Waals surface area contributed by atoms with Crippen LogP contribution in [0.2, 0.25) is 0 Å². The lowest BCUT2D eigenvalue weighted by Crippen LogP contribution is -2.14. The van der Waals surface area contributed by atoms with Crippen molar-refractivity contribution in [2.75, 3.05) is 5.32 Å². The minimum absolute atomic E-state index is 0.0517. The summed E-state index contributed by atoms with van der Waals surface area (Å²) >= 11 is 0. The van der Waals surface area contributed by atoms with Gasteiger partial charge in [0.2, 0.25) is 5.91 Å². The highest BCUT2D eigenvalue weighted by Crippen LogP contribution is 2.25. The van der Waals surface area contributed by atoms with Crippen molar-refractivity contribution in [1.82, 2.24) is 0 Å². The van der Waals surface area contributed by atoms with Crippen LogP contribution >= 0.6 is 0 Å². The number of hydrogen-bond donors (Lipinski definition) is 1. The van der Waals surface area contributed by atoms with Gasteiger partial charge in [-0.15, -0.1) is 0 Å². The van der Waals surface area contributed by atoms with Gasteiger partial charge in [-0.3, -0.25) is 4.79 Å². The number of hydrogen-bond acceptors (Lipinski definition) is 2. The van der Waals surface area contributed by atoms with Gasteiger partial charge >= 0.3 is 0 Å². The largest absolute Gasteiger partial charge is 0.490 e. The fraction of sp³-hybridized carbons (Fsp3) is 0.409. The molecular weight excluding hydrogens is 310 g/mol. The van der Waals surface area contributed by atoms with Crippen molar-refractivity contribution in [3.05, 3.63) is 59.2 Å². The summed E-state index contributed by atoms with van der Waals surface area (Å²) in [6.45, 7) is 4.09. The van der Waals surface area contributed by atoms with Crippen LogP contribution < -0.4 is 10.1 Å². The lowest BCUT2D eigenvalue weighted by Gasteiger charge is -2.14. The van der Waals surface area contributed by atoms with Crippen LogP contribution in [0.4, 0.5) is 5.69 Å². The molecule has 1 saturated carbocycles. The number of benzene rings is 2. The first-order valence-corrected chi connectivity index (χ1v) is 9.23. The third kappa shape index (κ3) is 4.85. The van der Waals surface area contributed by atoms with Gasteiger partial charge in [-0.25, -0.2) is 0 Å². The molecule has 0 radical (unpaired) electrons. The molecule has 1 aliphatic rings. The van der Waals surface area contributed by atoms with Crippen LogP contribution in [0.1, 0.15) is 48.8 Å². The standard InChI is InChI=1S/C22H27NO2/c1-16-7-5-12-21(17(16)2)23-22(24)14-13-18-8-6-11-20(15-18)25-19-9-3-4-10-19/h5-8,11-12,15,19H,3-4,9-10,13-14H2,1-2H3,(H,23,24). The molecule has 0 bridgehead atoms. The molecule has 0 atom stereocenters. The Morgan fingerprint density at radius 3 is 2.68 bits per heavy atom. The van der Waals surface area contributed by atoms with Crippen molar-refractivity contribution in [3.8, 4) is 5.75 Å². The van der Waals surface area contributed by atoms with Crippen LogP contribution in [-0.2, 0) is 11.2 Å². The summed E-state index contributed by atoms with van der Waals surface area (Å²) in [5, 5.41) is 3.02. The number of aryl methyl sites for hydroxylation is 2. The molecular formula is C22H27NO2. The fourth-order valence-corrected chi connectivity index (χ4v) is 3.33. The highest BCUT2D eigenvalue weighted by atomic mass is 16.5. The maximum atomic E-state index is 12.3. The zero-order valence-corrected chi connectivity index (χ0v) is 15.2. The molecule has 0 saturated heterocycles. The SMILES string of the molecule is Cc1cccc(NC(=O)CCc2cccc(OC3CCCC3)c2)c1C. The molecule has 1 fully saturated rings. The van der Waals surface area contributed by atoms with Gasteiger partial charge < -0.3 is 10.1 Å². The Morgan fingerprint density at radius 1 is 1.12 bits per heavy atom. The Labute approximate surface area is 150 Å². The van der Waals surface area contributed by atoms with Crippen molar-refractivity contribution >= 4 is 11.6 Å². The number of amides is 1. The molecule has 0 spiro atoms. The van der Waals surface area contributed by atoms with E-state index in [1.165, 1.54) is 18.4 Å². The third-order valence-corrected chi connectivity index (χ3v) is 5.02. The first-order valence-electron chi connectivity index (χ1n) is 9.23. The first kappa shape index (κ1) is 17.5. The fourth-order valence-electron chi connectivity index (χ4n) is 3.33. The number of carbonyl (C=O) groups excluding carboxylic acids is 1. The molecule has 3 rings (SSSR count). The average Bonchev–Trinajstić information content (AvgIpc) is 3.10. The average molecular weight is 337 g/mol. The summed E-state index contributed by atoms with van der Waals surface area (Å²) < 4.78 is 6.05. The van der Waals surface area contributed by atoms with Gasteiger partial charge in [0.1, 0.15) is 5.75 Å². The zero-order chi connectivity index (χ0) is 17.6. The highest BCUT2D eigenvalue weighted by Gasteiger charge is 2.16. The van der Waals surface area contributed by atoms with Gasteiger partial charge in [0.15, 0.2) is 0 Å². The minimum Gasteiger partial charge on any atom is -0.490 e. The second-order valence-electron chi connectivity index (χ2n) is 6.97. The number of anilines is 1. The van der Waals surface area contributed by atoms with E-state index < -0.39 is 0 Å². The van der Waals surface area contributed by atoms with E-state index in [0.29, 0.717) is 12.5 Å². The molecule has 1 amide bonds. The Kier molecular flexibility index (Phi) is 5.75. The highest BCUT2D eigenvalue weighted by molar-refractivity contribution is 5.91. The molecule has 0 heterocycles. The normalized spacial score (nSPS) is 14.5. The van der Waals surface area contributed by atoms with Gasteiger partial charge in [0.05, 0.1) is 6.10 Å². The summed E-state index contributed by atoms with van der Waals surface area (Å²) in [6.07, 6.45) is 6.40. The van der Waals surface area contributed by atoms with E-state index in [-0.39, 0.29) is 5.91 Å². The van der Waals surface area contributed by atoms with Gasteiger partial charge in [0, 0.05) is 12.1 Å². The van der Waals surface area contributed by atoms with E-state index in [9.17, 15) is 4.79 Å². The maximum absolute atomic E-state index is 12.3. The van der Waals surface area contributed by atoms with Crippen molar-refractivity contribution in [1.29, 1.82) is 0 Å². The molecule has 25 heavy (non-hydrogen) atoms. The molecule has 0 unspecified atom stereocenters. The van der Waals surface area contributed by atoms with Crippen LogP contribution in [0, 0.1) is 13.8 Å². The Bertz CT molecular complexity index is 733. The molecule has 2 aromatic rings. The molecule has 3 nitrogen and oxygen atoms in total. The predicted octanol–water partition coefficient (Wildman–Crippen LogP) is 5.20. The first-order chi connectivity index (χ1) is 12.1. The van der Waals surface area contributed by atoms with Crippen molar-refractivity contribution in [2.24, 2.45) is 0 Å². The van der Waals surface area contributed by atoms with E-state index in [4.69, 9.17) is 4.74 Å². The summed E-state index contributed by atoms with van der Waals surface area (Å²) in [5.74, 6) is 0.982. The van der Waals surface area contributed by atoms with Crippen LogP contribution in [0.5, 0.6) is 5.75 Å². The Morgan fingerprint density at radius 2 is 1.88 bits per heavy atom.